The van der Waals surface area contributed by atoms with Gasteiger partial charge in [-0.05, 0) is 73.3 Å². The largest absolute Gasteiger partial charge is 0.442 e. The molecule has 1 aromatic heterocycles. The van der Waals surface area contributed by atoms with Crippen LogP contribution < -0.4 is 10.6 Å². The van der Waals surface area contributed by atoms with E-state index in [2.05, 4.69) is 15.6 Å². The molecule has 172 valence electrons. The van der Waals surface area contributed by atoms with E-state index in [0.29, 0.717) is 29.2 Å². The molecule has 0 radical (unpaired) electrons. The second-order valence-corrected chi connectivity index (χ2v) is 9.31. The molecule has 0 aliphatic heterocycles. The number of fused-ring (bicyclic) bond motifs is 1. The molecular formula is C23H25ClF3N3OS. The number of carbonyl (C=O) groups is 1. The zero-order valence-electron chi connectivity index (χ0n) is 17.6. The number of halogens is 4. The number of unbranched alkanes of at least 4 members (excludes halogenated alkanes) is 1. The van der Waals surface area contributed by atoms with Crippen LogP contribution in [0.3, 0.4) is 0 Å². The number of alkyl halides is 3. The van der Waals surface area contributed by atoms with Crippen LogP contribution in [0.4, 0.5) is 29.3 Å². The van der Waals surface area contributed by atoms with Gasteiger partial charge in [0, 0.05) is 33.1 Å². The first kappa shape index (κ1) is 24.3. The molecule has 0 saturated heterocycles. The molecule has 0 aliphatic rings. The summed E-state index contributed by atoms with van der Waals surface area (Å²) in [7, 11) is 0. The molecule has 32 heavy (non-hydrogen) atoms. The number of rotatable bonds is 9. The summed E-state index contributed by atoms with van der Waals surface area (Å²) in [6.45, 7) is 1.79. The second kappa shape index (κ2) is 11.0. The lowest BCUT2D eigenvalue weighted by atomic mass is 10.1. The summed E-state index contributed by atoms with van der Waals surface area (Å²) in [4.78, 5) is 15.4. The molecule has 3 N–H and O–H groups in total. The number of nitrogens with one attached hydrogen (secondary N) is 3. The molecule has 1 atom stereocenters. The van der Waals surface area contributed by atoms with Crippen LogP contribution in [0.25, 0.3) is 10.9 Å². The molecule has 9 heteroatoms. The van der Waals surface area contributed by atoms with Gasteiger partial charge in [-0.3, -0.25) is 0 Å². The number of carbonyl (C=O) groups excluding carboxylic acids is 1. The third-order valence-corrected chi connectivity index (χ3v) is 6.51. The van der Waals surface area contributed by atoms with Gasteiger partial charge in [0.25, 0.3) is 0 Å². The Bertz CT molecular complexity index is 1040. The predicted molar refractivity (Wildman–Crippen MR) is 128 cm³/mol. The fourth-order valence-corrected chi connectivity index (χ4v) is 4.47. The lowest BCUT2D eigenvalue weighted by Gasteiger charge is -2.16. The van der Waals surface area contributed by atoms with E-state index in [1.54, 1.807) is 25.3 Å². The highest BCUT2D eigenvalue weighted by Gasteiger charge is 2.31. The summed E-state index contributed by atoms with van der Waals surface area (Å²) < 4.78 is 37.5. The molecule has 0 spiro atoms. The van der Waals surface area contributed by atoms with Crippen molar-refractivity contribution in [3.63, 3.8) is 0 Å². The van der Waals surface area contributed by atoms with Crippen LogP contribution in [-0.4, -0.2) is 21.8 Å². The Morgan fingerprint density at radius 1 is 1.12 bits per heavy atom. The van der Waals surface area contributed by atoms with E-state index in [1.165, 1.54) is 0 Å². The SMILES string of the molecule is CCC(CCCCc1ccc(NC(=O)Nc2c[nH]c3ccc(Cl)cc23)cc1)SC(F)(F)F. The second-order valence-electron chi connectivity index (χ2n) is 7.51. The van der Waals surface area contributed by atoms with Gasteiger partial charge in [-0.1, -0.05) is 37.1 Å². The Balaban J connectivity index is 1.45. The van der Waals surface area contributed by atoms with Gasteiger partial charge in [-0.25, -0.2) is 4.79 Å². The highest BCUT2D eigenvalue weighted by atomic mass is 35.5. The molecular weight excluding hydrogens is 459 g/mol. The Morgan fingerprint density at radius 3 is 2.56 bits per heavy atom. The van der Waals surface area contributed by atoms with Gasteiger partial charge in [0.1, 0.15) is 0 Å². The van der Waals surface area contributed by atoms with E-state index >= 15 is 0 Å². The quantitative estimate of drug-likeness (QED) is 0.268. The van der Waals surface area contributed by atoms with Crippen LogP contribution in [-0.2, 0) is 6.42 Å². The first-order valence-corrected chi connectivity index (χ1v) is 11.7. The molecule has 3 aromatic rings. The fraction of sp³-hybridized carbons (Fsp3) is 0.348. The van der Waals surface area contributed by atoms with E-state index in [-0.39, 0.29) is 23.0 Å². The van der Waals surface area contributed by atoms with Crippen LogP contribution in [0.2, 0.25) is 5.02 Å². The van der Waals surface area contributed by atoms with Crippen molar-refractivity contribution in [1.82, 2.24) is 4.98 Å². The number of H-pyrrole nitrogens is 1. The van der Waals surface area contributed by atoms with Crippen molar-refractivity contribution in [2.45, 2.75) is 49.8 Å². The summed E-state index contributed by atoms with van der Waals surface area (Å²) in [5.74, 6) is 0. The van der Waals surface area contributed by atoms with Crippen molar-refractivity contribution >= 4 is 51.7 Å². The number of hydrogen-bond acceptors (Lipinski definition) is 2. The van der Waals surface area contributed by atoms with Crippen LogP contribution in [0.5, 0.6) is 0 Å². The topological polar surface area (TPSA) is 56.9 Å². The average molecular weight is 484 g/mol. The van der Waals surface area contributed by atoms with Gasteiger partial charge in [0.05, 0.1) is 5.69 Å². The molecule has 2 amide bonds. The summed E-state index contributed by atoms with van der Waals surface area (Å²) >= 11 is 6.14. The third kappa shape index (κ3) is 7.38. The Hall–Kier alpha value is -2.32. The molecule has 1 unspecified atom stereocenters. The number of aromatic nitrogens is 1. The maximum atomic E-state index is 12.5. The lowest BCUT2D eigenvalue weighted by Crippen LogP contribution is -2.19. The fourth-order valence-electron chi connectivity index (χ4n) is 3.47. The molecule has 4 nitrogen and oxygen atoms in total. The monoisotopic (exact) mass is 483 g/mol. The van der Waals surface area contributed by atoms with E-state index < -0.39 is 5.51 Å². The van der Waals surface area contributed by atoms with Crippen molar-refractivity contribution in [2.75, 3.05) is 10.6 Å². The smallest absolute Gasteiger partial charge is 0.359 e. The third-order valence-electron chi connectivity index (χ3n) is 5.10. The van der Waals surface area contributed by atoms with Crippen molar-refractivity contribution < 1.29 is 18.0 Å². The van der Waals surface area contributed by atoms with Gasteiger partial charge < -0.3 is 15.6 Å². The van der Waals surface area contributed by atoms with E-state index in [1.807, 2.05) is 30.3 Å². The van der Waals surface area contributed by atoms with Gasteiger partial charge >= 0.3 is 11.5 Å². The highest BCUT2D eigenvalue weighted by molar-refractivity contribution is 8.00. The average Bonchev–Trinajstić information content (AvgIpc) is 3.12. The van der Waals surface area contributed by atoms with Gasteiger partial charge in [-0.2, -0.15) is 13.2 Å². The van der Waals surface area contributed by atoms with E-state index in [4.69, 9.17) is 11.6 Å². The number of aromatic amines is 1. The van der Waals surface area contributed by atoms with Gasteiger partial charge in [-0.15, -0.1) is 0 Å². The van der Waals surface area contributed by atoms with Crippen molar-refractivity contribution in [2.24, 2.45) is 0 Å². The minimum Gasteiger partial charge on any atom is -0.359 e. The Morgan fingerprint density at radius 2 is 1.88 bits per heavy atom. The van der Waals surface area contributed by atoms with Crippen molar-refractivity contribution in [3.05, 3.63) is 59.2 Å². The van der Waals surface area contributed by atoms with Crippen LogP contribution in [0.1, 0.15) is 38.2 Å². The standard InChI is InChI=1S/C23H25ClF3N3OS/c1-2-18(32-23(25,26)27)6-4-3-5-15-7-10-17(11-8-15)29-22(31)30-21-14-28-20-12-9-16(24)13-19(20)21/h7-14,18,28H,2-6H2,1H3,(H2,29,30,31). The number of aryl methyl sites for hydroxylation is 1. The highest BCUT2D eigenvalue weighted by Crippen LogP contribution is 2.37. The molecule has 0 saturated carbocycles. The van der Waals surface area contributed by atoms with Crippen molar-refractivity contribution in [1.29, 1.82) is 0 Å². The normalized spacial score (nSPS) is 12.7. The van der Waals surface area contributed by atoms with Crippen LogP contribution >= 0.6 is 23.4 Å². The Kier molecular flexibility index (Phi) is 8.37. The number of amides is 2. The number of benzene rings is 2. The summed E-state index contributed by atoms with van der Waals surface area (Å²) in [5.41, 5.74) is -0.936. The zero-order chi connectivity index (χ0) is 23.1. The van der Waals surface area contributed by atoms with E-state index in [9.17, 15) is 18.0 Å². The van der Waals surface area contributed by atoms with Crippen LogP contribution in [0, 0.1) is 0 Å². The molecule has 0 fully saturated rings. The molecule has 1 heterocycles. The predicted octanol–water partition coefficient (Wildman–Crippen LogP) is 8.21. The molecule has 2 aromatic carbocycles. The number of urea groups is 1. The maximum Gasteiger partial charge on any atom is 0.442 e. The first-order chi connectivity index (χ1) is 15.2. The lowest BCUT2D eigenvalue weighted by molar-refractivity contribution is -0.0334. The summed E-state index contributed by atoms with van der Waals surface area (Å²) in [6.07, 6.45) is 5.14. The maximum absolute atomic E-state index is 12.5. The number of hydrogen-bond donors (Lipinski definition) is 3. The Labute approximate surface area is 194 Å². The summed E-state index contributed by atoms with van der Waals surface area (Å²) in [5, 5.41) is 6.62. The molecule has 0 aliphatic carbocycles. The first-order valence-electron chi connectivity index (χ1n) is 10.4. The van der Waals surface area contributed by atoms with E-state index in [0.717, 1.165) is 35.7 Å². The van der Waals surface area contributed by atoms with Crippen molar-refractivity contribution in [3.8, 4) is 0 Å². The molecule has 0 bridgehead atoms. The van der Waals surface area contributed by atoms with Crippen LogP contribution in [0.15, 0.2) is 48.7 Å². The van der Waals surface area contributed by atoms with Gasteiger partial charge in [0.15, 0.2) is 0 Å². The summed E-state index contributed by atoms with van der Waals surface area (Å²) in [6, 6.07) is 12.5. The van der Waals surface area contributed by atoms with Gasteiger partial charge in [0.2, 0.25) is 0 Å². The number of anilines is 2. The minimum atomic E-state index is -4.17. The molecule has 3 rings (SSSR count). The number of thioether (sulfide) groups is 1. The minimum absolute atomic E-state index is 0.103. The zero-order valence-corrected chi connectivity index (χ0v) is 19.1.